The van der Waals surface area contributed by atoms with Crippen molar-refractivity contribution in [2.75, 3.05) is 99.1 Å². The van der Waals surface area contributed by atoms with Crippen molar-refractivity contribution in [2.45, 2.75) is 71.6 Å². The molecule has 11 heteroatoms. The lowest BCUT2D eigenvalue weighted by atomic mass is 10.1. The Hall–Kier alpha value is -1.34. The summed E-state index contributed by atoms with van der Waals surface area (Å²) in [5.74, 6) is -1.01. The van der Waals surface area contributed by atoms with E-state index >= 15 is 0 Å². The Balaban J connectivity index is 3.08. The molecule has 11 nitrogen and oxygen atoms in total. The van der Waals surface area contributed by atoms with Crippen molar-refractivity contribution in [1.82, 2.24) is 0 Å². The van der Waals surface area contributed by atoms with Gasteiger partial charge in [-0.2, -0.15) is 0 Å². The van der Waals surface area contributed by atoms with Crippen LogP contribution in [0.5, 0.6) is 0 Å². The molecule has 0 bridgehead atoms. The van der Waals surface area contributed by atoms with E-state index in [2.05, 4.69) is 0 Å². The van der Waals surface area contributed by atoms with Crippen molar-refractivity contribution in [3.05, 3.63) is 0 Å². The Morgan fingerprint density at radius 1 is 0.500 bits per heavy atom. The summed E-state index contributed by atoms with van der Waals surface area (Å²) in [6, 6.07) is 0. The third-order valence-corrected chi connectivity index (χ3v) is 5.62. The second-order valence-corrected chi connectivity index (χ2v) is 9.38. The Kier molecular flexibility index (Phi) is 31.1. The summed E-state index contributed by atoms with van der Waals surface area (Å²) in [5.41, 5.74) is 0. The average Bonchev–Trinajstić information content (AvgIpc) is 2.95. The smallest absolute Gasteiger partial charge is 0.308 e. The molecule has 1 atom stereocenters. The second-order valence-electron chi connectivity index (χ2n) is 9.38. The van der Waals surface area contributed by atoms with Crippen molar-refractivity contribution in [3.8, 4) is 0 Å². The van der Waals surface area contributed by atoms with E-state index in [-0.39, 0.29) is 24.9 Å². The van der Waals surface area contributed by atoms with Crippen LogP contribution in [0.3, 0.4) is 0 Å². The predicted octanol–water partition coefficient (Wildman–Crippen LogP) is 3.90. The van der Waals surface area contributed by atoms with Gasteiger partial charge in [-0.05, 0) is 44.9 Å². The molecule has 0 aromatic rings. The van der Waals surface area contributed by atoms with Gasteiger partial charge in [-0.3, -0.25) is 9.59 Å². The van der Waals surface area contributed by atoms with Crippen LogP contribution in [0.4, 0.5) is 0 Å². The second kappa shape index (κ2) is 32.2. The van der Waals surface area contributed by atoms with E-state index in [1.165, 1.54) is 0 Å². The molecule has 0 aromatic heterocycles. The van der Waals surface area contributed by atoms with Crippen LogP contribution >= 0.6 is 0 Å². The first-order valence-corrected chi connectivity index (χ1v) is 15.0. The van der Waals surface area contributed by atoms with Crippen LogP contribution in [0.2, 0.25) is 0 Å². The number of aliphatic carboxylic acids is 1. The van der Waals surface area contributed by atoms with Crippen LogP contribution in [0.15, 0.2) is 0 Å². The zero-order chi connectivity index (χ0) is 29.4. The maximum absolute atomic E-state index is 11.5. The number of hydrogen-bond donors (Lipinski definition) is 1. The van der Waals surface area contributed by atoms with E-state index in [0.29, 0.717) is 92.5 Å². The van der Waals surface area contributed by atoms with Crippen LogP contribution in [0.25, 0.3) is 0 Å². The lowest BCUT2D eigenvalue weighted by Gasteiger charge is -2.09. The molecule has 40 heavy (non-hydrogen) atoms. The predicted molar refractivity (Wildman–Crippen MR) is 151 cm³/mol. The lowest BCUT2D eigenvalue weighted by molar-refractivity contribution is -0.148. The third-order valence-electron chi connectivity index (χ3n) is 5.62. The molecular weight excluding hydrogens is 524 g/mol. The highest BCUT2D eigenvalue weighted by atomic mass is 16.5. The SMILES string of the molecule is CCC(C)C(=O)OCCCOCCCOCCCOCCCOCCCOCCCOCCCOCCC(=O)O. The zero-order valence-corrected chi connectivity index (χ0v) is 25.1. The number of carbonyl (C=O) groups excluding carboxylic acids is 1. The van der Waals surface area contributed by atoms with Crippen LogP contribution in [0.1, 0.15) is 71.6 Å². The minimum Gasteiger partial charge on any atom is -0.481 e. The molecule has 0 saturated heterocycles. The van der Waals surface area contributed by atoms with Crippen molar-refractivity contribution in [3.63, 3.8) is 0 Å². The van der Waals surface area contributed by atoms with Crippen molar-refractivity contribution < 1.29 is 52.6 Å². The van der Waals surface area contributed by atoms with Crippen LogP contribution < -0.4 is 0 Å². The summed E-state index contributed by atoms with van der Waals surface area (Å²) < 4.78 is 43.7. The van der Waals surface area contributed by atoms with E-state index in [1.54, 1.807) is 0 Å². The van der Waals surface area contributed by atoms with Crippen molar-refractivity contribution in [2.24, 2.45) is 5.92 Å². The van der Waals surface area contributed by atoms with Gasteiger partial charge in [0.1, 0.15) is 0 Å². The fourth-order valence-electron chi connectivity index (χ4n) is 3.09. The monoisotopic (exact) mass is 580 g/mol. The first-order valence-electron chi connectivity index (χ1n) is 15.0. The Morgan fingerprint density at radius 2 is 0.775 bits per heavy atom. The van der Waals surface area contributed by atoms with E-state index in [4.69, 9.17) is 43.0 Å². The van der Waals surface area contributed by atoms with E-state index in [0.717, 1.165) is 51.4 Å². The molecule has 0 heterocycles. The van der Waals surface area contributed by atoms with E-state index in [1.807, 2.05) is 13.8 Å². The average molecular weight is 581 g/mol. The van der Waals surface area contributed by atoms with Crippen molar-refractivity contribution >= 4 is 11.9 Å². The number of rotatable bonds is 33. The Morgan fingerprint density at radius 3 is 1.05 bits per heavy atom. The number of carboxylic acid groups (broad SMARTS) is 1. The number of ether oxygens (including phenoxy) is 8. The fraction of sp³-hybridized carbons (Fsp3) is 0.931. The molecule has 0 fully saturated rings. The van der Waals surface area contributed by atoms with Crippen LogP contribution in [-0.2, 0) is 47.5 Å². The minimum atomic E-state index is -0.843. The largest absolute Gasteiger partial charge is 0.481 e. The van der Waals surface area contributed by atoms with Gasteiger partial charge in [0.15, 0.2) is 0 Å². The molecule has 0 saturated carbocycles. The normalized spacial score (nSPS) is 12.1. The van der Waals surface area contributed by atoms with Gasteiger partial charge in [0.2, 0.25) is 0 Å². The first kappa shape index (κ1) is 38.7. The summed E-state index contributed by atoms with van der Waals surface area (Å²) in [6.07, 6.45) is 6.62. The molecule has 0 spiro atoms. The topological polar surface area (TPSA) is 128 Å². The third kappa shape index (κ3) is 31.2. The maximum Gasteiger partial charge on any atom is 0.308 e. The molecule has 0 aliphatic heterocycles. The molecule has 1 N–H and O–H groups in total. The van der Waals surface area contributed by atoms with Gasteiger partial charge in [0, 0.05) is 92.3 Å². The highest BCUT2D eigenvalue weighted by molar-refractivity contribution is 5.71. The zero-order valence-electron chi connectivity index (χ0n) is 25.1. The number of carbonyl (C=O) groups is 2. The van der Waals surface area contributed by atoms with Crippen LogP contribution in [-0.4, -0.2) is 116 Å². The van der Waals surface area contributed by atoms with Gasteiger partial charge in [-0.1, -0.05) is 13.8 Å². The van der Waals surface area contributed by atoms with Gasteiger partial charge < -0.3 is 43.0 Å². The Bertz CT molecular complexity index is 548. The van der Waals surface area contributed by atoms with Crippen molar-refractivity contribution in [1.29, 1.82) is 0 Å². The molecule has 238 valence electrons. The summed E-state index contributed by atoms with van der Waals surface area (Å²) in [5, 5.41) is 8.50. The van der Waals surface area contributed by atoms with Gasteiger partial charge in [-0.25, -0.2) is 0 Å². The fourth-order valence-corrected chi connectivity index (χ4v) is 3.09. The molecule has 0 amide bonds. The quantitative estimate of drug-likeness (QED) is 0.0896. The first-order chi connectivity index (χ1) is 19.6. The van der Waals surface area contributed by atoms with Gasteiger partial charge in [-0.15, -0.1) is 0 Å². The number of carboxylic acids is 1. The Labute approximate surface area is 241 Å². The molecule has 0 aromatic carbocycles. The van der Waals surface area contributed by atoms with Crippen LogP contribution in [0, 0.1) is 5.92 Å². The number of esters is 1. The van der Waals surface area contributed by atoms with E-state index in [9.17, 15) is 9.59 Å². The standard InChI is InChI=1S/C29H56O11/c1-3-27(2)29(32)40-25-10-24-38-21-8-20-36-17-6-16-34-13-4-12-33-14-5-15-35-18-7-19-37-22-9-23-39-26-11-28(30)31/h27H,3-26H2,1-2H3,(H,30,31). The summed E-state index contributed by atoms with van der Waals surface area (Å²) in [4.78, 5) is 21.9. The van der Waals surface area contributed by atoms with Gasteiger partial charge in [0.05, 0.1) is 25.6 Å². The van der Waals surface area contributed by atoms with E-state index < -0.39 is 5.97 Å². The summed E-state index contributed by atoms with van der Waals surface area (Å²) in [7, 11) is 0. The summed E-state index contributed by atoms with van der Waals surface area (Å²) in [6.45, 7) is 13.0. The van der Waals surface area contributed by atoms with Gasteiger partial charge in [0.25, 0.3) is 0 Å². The summed E-state index contributed by atoms with van der Waals surface area (Å²) >= 11 is 0. The van der Waals surface area contributed by atoms with Gasteiger partial charge >= 0.3 is 11.9 Å². The molecule has 0 rings (SSSR count). The molecule has 0 radical (unpaired) electrons. The maximum atomic E-state index is 11.5. The number of hydrogen-bond acceptors (Lipinski definition) is 10. The lowest BCUT2D eigenvalue weighted by Crippen LogP contribution is -2.15. The highest BCUT2D eigenvalue weighted by Gasteiger charge is 2.11. The molecule has 0 aliphatic rings. The minimum absolute atomic E-state index is 0.0342. The molecular formula is C29H56O11. The molecule has 1 unspecified atom stereocenters. The highest BCUT2D eigenvalue weighted by Crippen LogP contribution is 2.03. The molecule has 0 aliphatic carbocycles.